The summed E-state index contributed by atoms with van der Waals surface area (Å²) < 4.78 is 0. The van der Waals surface area contributed by atoms with E-state index in [9.17, 15) is 5.11 Å². The molecule has 1 aromatic carbocycles. The van der Waals surface area contributed by atoms with Crippen molar-refractivity contribution in [1.29, 1.82) is 0 Å². The van der Waals surface area contributed by atoms with Gasteiger partial charge in [0, 0.05) is 19.0 Å². The molecule has 0 aliphatic heterocycles. The molecule has 102 valence electrons. The van der Waals surface area contributed by atoms with E-state index >= 15 is 0 Å². The Morgan fingerprint density at radius 3 is 2.85 bits per heavy atom. The van der Waals surface area contributed by atoms with Gasteiger partial charge in [0.15, 0.2) is 0 Å². The Hall–Kier alpha value is -1.91. The monoisotopic (exact) mass is 284 g/mol. The predicted molar refractivity (Wildman–Crippen MR) is 84.1 cm³/mol. The molecule has 0 aliphatic rings. The quantitative estimate of drug-likeness (QED) is 0.797. The number of para-hydroxylation sites is 1. The molecule has 0 amide bonds. The Kier molecular flexibility index (Phi) is 3.67. The second kappa shape index (κ2) is 5.61. The Morgan fingerprint density at radius 1 is 1.25 bits per heavy atom. The highest BCUT2D eigenvalue weighted by Gasteiger charge is 2.09. The lowest BCUT2D eigenvalue weighted by Gasteiger charge is -2.19. The summed E-state index contributed by atoms with van der Waals surface area (Å²) >= 11 is 1.70. The molecule has 0 aliphatic carbocycles. The number of aliphatic hydroxyl groups is 1. The fourth-order valence-electron chi connectivity index (χ4n) is 2.30. The first kappa shape index (κ1) is 13.1. The van der Waals surface area contributed by atoms with Crippen molar-refractivity contribution < 1.29 is 5.11 Å². The highest BCUT2D eigenvalue weighted by Crippen LogP contribution is 2.23. The van der Waals surface area contributed by atoms with Crippen molar-refractivity contribution in [3.05, 3.63) is 58.3 Å². The summed E-state index contributed by atoms with van der Waals surface area (Å²) in [7, 11) is 2.02. The zero-order valence-electron chi connectivity index (χ0n) is 11.3. The van der Waals surface area contributed by atoms with E-state index in [2.05, 4.69) is 26.7 Å². The summed E-state index contributed by atoms with van der Waals surface area (Å²) in [6, 6.07) is 12.0. The third kappa shape index (κ3) is 2.53. The number of nitrogens with zero attached hydrogens (tertiary/aromatic N) is 2. The lowest BCUT2D eigenvalue weighted by atomic mass is 10.1. The molecule has 0 unspecified atom stereocenters. The predicted octanol–water partition coefficient (Wildman–Crippen LogP) is 3.43. The van der Waals surface area contributed by atoms with E-state index in [-0.39, 0.29) is 6.61 Å². The van der Waals surface area contributed by atoms with Crippen LogP contribution in [0.15, 0.2) is 47.2 Å². The molecule has 1 N–H and O–H groups in total. The number of fused-ring (bicyclic) bond motifs is 1. The summed E-state index contributed by atoms with van der Waals surface area (Å²) in [6.07, 6.45) is 0. The summed E-state index contributed by atoms with van der Waals surface area (Å²) in [6.45, 7) is 0.849. The lowest BCUT2D eigenvalue weighted by molar-refractivity contribution is 0.283. The van der Waals surface area contributed by atoms with Gasteiger partial charge in [-0.3, -0.25) is 0 Å². The van der Waals surface area contributed by atoms with Crippen LogP contribution in [0.5, 0.6) is 0 Å². The van der Waals surface area contributed by atoms with Gasteiger partial charge in [-0.1, -0.05) is 18.2 Å². The summed E-state index contributed by atoms with van der Waals surface area (Å²) in [5.41, 5.74) is 3.12. The Balaban J connectivity index is 1.98. The van der Waals surface area contributed by atoms with Crippen LogP contribution in [0, 0.1) is 0 Å². The largest absolute Gasteiger partial charge is 0.392 e. The number of benzene rings is 1. The van der Waals surface area contributed by atoms with Gasteiger partial charge in [-0.25, -0.2) is 4.98 Å². The molecule has 0 spiro atoms. The zero-order valence-corrected chi connectivity index (χ0v) is 12.1. The second-order valence-electron chi connectivity index (χ2n) is 4.80. The highest BCUT2D eigenvalue weighted by atomic mass is 32.1. The van der Waals surface area contributed by atoms with E-state index in [0.717, 1.165) is 28.8 Å². The fraction of sp³-hybridized carbons (Fsp3) is 0.188. The van der Waals surface area contributed by atoms with Gasteiger partial charge >= 0.3 is 0 Å². The number of aromatic nitrogens is 1. The van der Waals surface area contributed by atoms with Crippen LogP contribution in [0.4, 0.5) is 5.82 Å². The molecule has 0 bridgehead atoms. The number of aliphatic hydroxyl groups excluding tert-OH is 1. The average molecular weight is 284 g/mol. The van der Waals surface area contributed by atoms with E-state index in [0.29, 0.717) is 0 Å². The van der Waals surface area contributed by atoms with Crippen LogP contribution in [-0.4, -0.2) is 17.1 Å². The standard InChI is InChI=1S/C16H16N2OS/c1-18(9-12-6-7-20-11-12)16-8-13(10-19)14-4-2-3-5-15(14)17-16/h2-8,11,19H,9-10H2,1H3. The minimum Gasteiger partial charge on any atom is -0.392 e. The molecule has 0 radical (unpaired) electrons. The molecule has 0 saturated heterocycles. The minimum atomic E-state index is 0.0301. The molecule has 0 saturated carbocycles. The zero-order chi connectivity index (χ0) is 13.9. The van der Waals surface area contributed by atoms with Gasteiger partial charge < -0.3 is 10.0 Å². The van der Waals surface area contributed by atoms with Crippen LogP contribution >= 0.6 is 11.3 Å². The molecule has 2 heterocycles. The smallest absolute Gasteiger partial charge is 0.129 e. The van der Waals surface area contributed by atoms with Crippen molar-refractivity contribution in [2.45, 2.75) is 13.2 Å². The third-order valence-corrected chi connectivity index (χ3v) is 4.08. The normalized spacial score (nSPS) is 10.9. The number of anilines is 1. The first-order valence-electron chi connectivity index (χ1n) is 6.49. The van der Waals surface area contributed by atoms with Crippen molar-refractivity contribution in [2.24, 2.45) is 0 Å². The highest BCUT2D eigenvalue weighted by molar-refractivity contribution is 7.07. The fourth-order valence-corrected chi connectivity index (χ4v) is 2.96. The first-order chi connectivity index (χ1) is 9.78. The topological polar surface area (TPSA) is 36.4 Å². The number of hydrogen-bond donors (Lipinski definition) is 1. The molecular formula is C16H16N2OS. The maximum absolute atomic E-state index is 9.55. The molecule has 20 heavy (non-hydrogen) atoms. The van der Waals surface area contributed by atoms with Crippen LogP contribution in [0.2, 0.25) is 0 Å². The number of thiophene rings is 1. The summed E-state index contributed by atoms with van der Waals surface area (Å²) in [4.78, 5) is 6.79. The van der Waals surface area contributed by atoms with Gasteiger partial charge in [0.25, 0.3) is 0 Å². The first-order valence-corrected chi connectivity index (χ1v) is 7.44. The van der Waals surface area contributed by atoms with Crippen molar-refractivity contribution in [3.63, 3.8) is 0 Å². The number of hydrogen-bond acceptors (Lipinski definition) is 4. The van der Waals surface area contributed by atoms with E-state index in [4.69, 9.17) is 0 Å². The van der Waals surface area contributed by atoms with E-state index in [1.165, 1.54) is 5.56 Å². The molecule has 3 aromatic rings. The van der Waals surface area contributed by atoms with Crippen LogP contribution < -0.4 is 4.90 Å². The Labute approximate surface area is 122 Å². The molecule has 4 heteroatoms. The average Bonchev–Trinajstić information content (AvgIpc) is 2.99. The summed E-state index contributed by atoms with van der Waals surface area (Å²) in [5.74, 6) is 0.888. The van der Waals surface area contributed by atoms with E-state index in [1.807, 2.05) is 37.4 Å². The van der Waals surface area contributed by atoms with Gasteiger partial charge in [-0.2, -0.15) is 11.3 Å². The van der Waals surface area contributed by atoms with Crippen LogP contribution in [0.25, 0.3) is 10.9 Å². The van der Waals surface area contributed by atoms with Crippen molar-refractivity contribution in [2.75, 3.05) is 11.9 Å². The summed E-state index contributed by atoms with van der Waals surface area (Å²) in [5, 5.41) is 14.8. The molecule has 0 fully saturated rings. The number of rotatable bonds is 4. The van der Waals surface area contributed by atoms with Gasteiger partial charge in [0.1, 0.15) is 5.82 Å². The molecule has 0 atom stereocenters. The van der Waals surface area contributed by atoms with Crippen molar-refractivity contribution >= 4 is 28.1 Å². The lowest BCUT2D eigenvalue weighted by Crippen LogP contribution is -2.17. The second-order valence-corrected chi connectivity index (χ2v) is 5.58. The Bertz CT molecular complexity index is 710. The van der Waals surface area contributed by atoms with Crippen LogP contribution in [0.3, 0.4) is 0 Å². The molecule has 3 nitrogen and oxygen atoms in total. The van der Waals surface area contributed by atoms with E-state index in [1.54, 1.807) is 11.3 Å². The minimum absolute atomic E-state index is 0.0301. The van der Waals surface area contributed by atoms with Gasteiger partial charge in [-0.05, 0) is 40.1 Å². The van der Waals surface area contributed by atoms with E-state index < -0.39 is 0 Å². The SMILES string of the molecule is CN(Cc1ccsc1)c1cc(CO)c2ccccc2n1. The van der Waals surface area contributed by atoms with Gasteiger partial charge in [0.2, 0.25) is 0 Å². The van der Waals surface area contributed by atoms with Crippen LogP contribution in [-0.2, 0) is 13.2 Å². The molecular weight excluding hydrogens is 268 g/mol. The third-order valence-electron chi connectivity index (χ3n) is 3.35. The van der Waals surface area contributed by atoms with Crippen LogP contribution in [0.1, 0.15) is 11.1 Å². The van der Waals surface area contributed by atoms with Crippen molar-refractivity contribution in [1.82, 2.24) is 4.98 Å². The number of pyridine rings is 1. The van der Waals surface area contributed by atoms with Crippen molar-refractivity contribution in [3.8, 4) is 0 Å². The maximum Gasteiger partial charge on any atom is 0.129 e. The van der Waals surface area contributed by atoms with Gasteiger partial charge in [-0.15, -0.1) is 0 Å². The van der Waals surface area contributed by atoms with Gasteiger partial charge in [0.05, 0.1) is 12.1 Å². The Morgan fingerprint density at radius 2 is 2.10 bits per heavy atom. The molecule has 2 aromatic heterocycles. The maximum atomic E-state index is 9.55. The molecule has 3 rings (SSSR count).